The number of aliphatic hydroxyl groups is 1. The smallest absolute Gasteiger partial charge is 0.170 e. The maximum Gasteiger partial charge on any atom is 0.170 e. The fourth-order valence-corrected chi connectivity index (χ4v) is 2.48. The first kappa shape index (κ1) is 12.3. The van der Waals surface area contributed by atoms with Crippen LogP contribution in [0, 0.1) is 5.92 Å². The molecule has 0 aliphatic carbocycles. The quantitative estimate of drug-likeness (QED) is 0.865. The minimum atomic E-state index is 0.264. The zero-order valence-corrected chi connectivity index (χ0v) is 10.7. The predicted octanol–water partition coefficient (Wildman–Crippen LogP) is 0.476. The summed E-state index contributed by atoms with van der Waals surface area (Å²) in [6.45, 7) is 2.89. The molecule has 19 heavy (non-hydrogen) atoms. The van der Waals surface area contributed by atoms with Crippen molar-refractivity contribution in [3.63, 3.8) is 0 Å². The summed E-state index contributed by atoms with van der Waals surface area (Å²) in [5.41, 5.74) is 0.973. The highest BCUT2D eigenvalue weighted by molar-refractivity contribution is 5.30. The highest BCUT2D eigenvalue weighted by atomic mass is 16.3. The summed E-state index contributed by atoms with van der Waals surface area (Å²) in [5, 5.41) is 21.1. The van der Waals surface area contributed by atoms with E-state index in [-0.39, 0.29) is 6.61 Å². The van der Waals surface area contributed by atoms with Gasteiger partial charge in [0.1, 0.15) is 0 Å². The van der Waals surface area contributed by atoms with E-state index in [0.29, 0.717) is 5.92 Å². The lowest BCUT2D eigenvalue weighted by molar-refractivity contribution is 0.218. The second-order valence-electron chi connectivity index (χ2n) is 4.91. The topological polar surface area (TPSA) is 67.1 Å². The summed E-state index contributed by atoms with van der Waals surface area (Å²) in [7, 11) is 0. The molecule has 2 aromatic rings. The molecule has 0 bridgehead atoms. The molecule has 1 fully saturated rings. The van der Waals surface area contributed by atoms with Gasteiger partial charge in [-0.15, -0.1) is 5.10 Å². The maximum atomic E-state index is 9.17. The molecule has 1 saturated heterocycles. The van der Waals surface area contributed by atoms with Crippen LogP contribution in [0.4, 0.5) is 0 Å². The number of nitrogens with zero attached hydrogens (tertiary/aromatic N) is 5. The average Bonchev–Trinajstić information content (AvgIpc) is 3.09. The second-order valence-corrected chi connectivity index (χ2v) is 4.91. The van der Waals surface area contributed by atoms with E-state index in [9.17, 15) is 5.11 Å². The molecule has 0 saturated carbocycles. The number of aliphatic hydroxyl groups excluding tert-OH is 1. The minimum Gasteiger partial charge on any atom is -0.396 e. The van der Waals surface area contributed by atoms with Gasteiger partial charge in [-0.05, 0) is 41.4 Å². The van der Waals surface area contributed by atoms with Crippen LogP contribution in [0.15, 0.2) is 30.3 Å². The van der Waals surface area contributed by atoms with Crippen LogP contribution in [-0.4, -0.2) is 49.9 Å². The third-order valence-electron chi connectivity index (χ3n) is 3.53. The van der Waals surface area contributed by atoms with Crippen molar-refractivity contribution in [2.24, 2.45) is 5.92 Å². The Kier molecular flexibility index (Phi) is 3.52. The van der Waals surface area contributed by atoms with Gasteiger partial charge in [0.15, 0.2) is 5.82 Å². The number of para-hydroxylation sites is 1. The number of hydrogen-bond acceptors (Lipinski definition) is 5. The first-order valence-electron chi connectivity index (χ1n) is 6.52. The lowest BCUT2D eigenvalue weighted by Crippen LogP contribution is -2.23. The Balaban J connectivity index is 1.75. The van der Waals surface area contributed by atoms with Crippen molar-refractivity contribution in [3.8, 4) is 5.69 Å². The van der Waals surface area contributed by atoms with Crippen LogP contribution in [0.1, 0.15) is 12.2 Å². The third-order valence-corrected chi connectivity index (χ3v) is 3.53. The van der Waals surface area contributed by atoms with E-state index >= 15 is 0 Å². The van der Waals surface area contributed by atoms with Gasteiger partial charge in [-0.3, -0.25) is 4.90 Å². The lowest BCUT2D eigenvalue weighted by atomic mass is 10.1. The number of rotatable bonds is 4. The molecule has 0 amide bonds. The molecule has 1 atom stereocenters. The fourth-order valence-electron chi connectivity index (χ4n) is 2.48. The van der Waals surface area contributed by atoms with Crippen molar-refractivity contribution in [2.45, 2.75) is 13.0 Å². The number of aromatic nitrogens is 4. The molecule has 1 unspecified atom stereocenters. The molecule has 1 aliphatic heterocycles. The molecule has 0 spiro atoms. The SMILES string of the molecule is OCC1CCN(Cc2nnnn2-c2ccccc2)C1. The van der Waals surface area contributed by atoms with Gasteiger partial charge in [0, 0.05) is 13.2 Å². The zero-order chi connectivity index (χ0) is 13.1. The predicted molar refractivity (Wildman–Crippen MR) is 69.6 cm³/mol. The van der Waals surface area contributed by atoms with Gasteiger partial charge >= 0.3 is 0 Å². The monoisotopic (exact) mass is 259 g/mol. The van der Waals surface area contributed by atoms with Crippen molar-refractivity contribution in [2.75, 3.05) is 19.7 Å². The van der Waals surface area contributed by atoms with E-state index in [1.165, 1.54) is 0 Å². The highest BCUT2D eigenvalue weighted by Gasteiger charge is 2.23. The van der Waals surface area contributed by atoms with Crippen LogP contribution in [0.2, 0.25) is 0 Å². The first-order chi connectivity index (χ1) is 9.36. The molecule has 6 nitrogen and oxygen atoms in total. The van der Waals surface area contributed by atoms with Gasteiger partial charge in [-0.2, -0.15) is 4.68 Å². The number of benzene rings is 1. The van der Waals surface area contributed by atoms with E-state index in [0.717, 1.165) is 37.6 Å². The first-order valence-corrected chi connectivity index (χ1v) is 6.52. The van der Waals surface area contributed by atoms with E-state index in [1.54, 1.807) is 4.68 Å². The average molecular weight is 259 g/mol. The second kappa shape index (κ2) is 5.46. The van der Waals surface area contributed by atoms with Gasteiger partial charge in [0.05, 0.1) is 12.2 Å². The van der Waals surface area contributed by atoms with Gasteiger partial charge in [-0.1, -0.05) is 18.2 Å². The Morgan fingerprint density at radius 3 is 2.84 bits per heavy atom. The van der Waals surface area contributed by atoms with Crippen LogP contribution in [0.5, 0.6) is 0 Å². The van der Waals surface area contributed by atoms with Crippen LogP contribution in [-0.2, 0) is 6.54 Å². The Morgan fingerprint density at radius 2 is 2.11 bits per heavy atom. The normalized spacial score (nSPS) is 19.9. The van der Waals surface area contributed by atoms with Crippen molar-refractivity contribution in [1.82, 2.24) is 25.1 Å². The molecular weight excluding hydrogens is 242 g/mol. The molecule has 100 valence electrons. The molecule has 6 heteroatoms. The summed E-state index contributed by atoms with van der Waals surface area (Å²) in [6, 6.07) is 9.89. The number of tetrazole rings is 1. The zero-order valence-electron chi connectivity index (χ0n) is 10.7. The molecule has 2 heterocycles. The summed E-state index contributed by atoms with van der Waals surface area (Å²) in [4.78, 5) is 2.28. The van der Waals surface area contributed by atoms with Crippen LogP contribution in [0.25, 0.3) is 5.69 Å². The van der Waals surface area contributed by atoms with Gasteiger partial charge in [0.25, 0.3) is 0 Å². The molecule has 1 aromatic carbocycles. The number of hydrogen-bond donors (Lipinski definition) is 1. The van der Waals surface area contributed by atoms with Gasteiger partial charge in [0.2, 0.25) is 0 Å². The summed E-state index contributed by atoms with van der Waals surface area (Å²) in [6.07, 6.45) is 1.05. The van der Waals surface area contributed by atoms with Crippen molar-refractivity contribution in [1.29, 1.82) is 0 Å². The summed E-state index contributed by atoms with van der Waals surface area (Å²) < 4.78 is 1.77. The van der Waals surface area contributed by atoms with E-state index in [1.807, 2.05) is 30.3 Å². The lowest BCUT2D eigenvalue weighted by Gasteiger charge is -2.14. The summed E-state index contributed by atoms with van der Waals surface area (Å²) >= 11 is 0. The Bertz CT molecular complexity index is 527. The molecule has 1 aromatic heterocycles. The highest BCUT2D eigenvalue weighted by Crippen LogP contribution is 2.18. The molecular formula is C13H17N5O. The van der Waals surface area contributed by atoms with Crippen LogP contribution < -0.4 is 0 Å². The Hall–Kier alpha value is -1.79. The van der Waals surface area contributed by atoms with Crippen molar-refractivity contribution < 1.29 is 5.11 Å². The largest absolute Gasteiger partial charge is 0.396 e. The van der Waals surface area contributed by atoms with Gasteiger partial charge in [-0.25, -0.2) is 0 Å². The Morgan fingerprint density at radius 1 is 1.26 bits per heavy atom. The van der Waals surface area contributed by atoms with Crippen LogP contribution in [0.3, 0.4) is 0 Å². The Labute approximate surface area is 111 Å². The molecule has 0 radical (unpaired) electrons. The number of likely N-dealkylation sites (tertiary alicyclic amines) is 1. The summed E-state index contributed by atoms with van der Waals surface area (Å²) in [5.74, 6) is 1.23. The standard InChI is InChI=1S/C13H17N5O/c19-10-11-6-7-17(8-11)9-13-14-15-16-18(13)12-4-2-1-3-5-12/h1-5,11,19H,6-10H2. The van der Waals surface area contributed by atoms with E-state index in [4.69, 9.17) is 0 Å². The van der Waals surface area contributed by atoms with Crippen LogP contribution >= 0.6 is 0 Å². The third kappa shape index (κ3) is 2.64. The fraction of sp³-hybridized carbons (Fsp3) is 0.462. The molecule has 3 rings (SSSR count). The maximum absolute atomic E-state index is 9.17. The minimum absolute atomic E-state index is 0.264. The van der Waals surface area contributed by atoms with Gasteiger partial charge < -0.3 is 5.11 Å². The molecule has 1 aliphatic rings. The van der Waals surface area contributed by atoms with Crippen molar-refractivity contribution >= 4 is 0 Å². The van der Waals surface area contributed by atoms with Crippen molar-refractivity contribution in [3.05, 3.63) is 36.2 Å². The molecule has 1 N–H and O–H groups in total. The van der Waals surface area contributed by atoms with E-state index < -0.39 is 0 Å². The van der Waals surface area contributed by atoms with E-state index in [2.05, 4.69) is 20.4 Å².